The lowest BCUT2D eigenvalue weighted by atomic mass is 9.84. The Kier molecular flexibility index (Phi) is 3.32. The van der Waals surface area contributed by atoms with Crippen LogP contribution in [0.3, 0.4) is 0 Å². The Hall–Kier alpha value is -0.610. The number of likely N-dealkylation sites (tertiary alicyclic amines) is 2. The summed E-state index contributed by atoms with van der Waals surface area (Å²) in [7, 11) is 0. The Morgan fingerprint density at radius 3 is 2.72 bits per heavy atom. The van der Waals surface area contributed by atoms with Crippen LogP contribution in [0.25, 0.3) is 0 Å². The fourth-order valence-corrected chi connectivity index (χ4v) is 4.02. The minimum absolute atomic E-state index is 0.196. The van der Waals surface area contributed by atoms with E-state index >= 15 is 0 Å². The first-order valence-corrected chi connectivity index (χ1v) is 7.37. The van der Waals surface area contributed by atoms with Gasteiger partial charge in [0.25, 0.3) is 0 Å². The van der Waals surface area contributed by atoms with Crippen molar-refractivity contribution in [2.75, 3.05) is 32.8 Å². The van der Waals surface area contributed by atoms with Gasteiger partial charge in [0.05, 0.1) is 6.61 Å². The van der Waals surface area contributed by atoms with Gasteiger partial charge < -0.3 is 9.64 Å². The Labute approximate surface area is 109 Å². The Bertz CT molecular complexity index is 318. The molecule has 0 N–H and O–H groups in total. The van der Waals surface area contributed by atoms with Gasteiger partial charge in [-0.05, 0) is 32.6 Å². The highest BCUT2D eigenvalue weighted by Gasteiger charge is 2.46. The molecule has 18 heavy (non-hydrogen) atoms. The normalized spacial score (nSPS) is 32.6. The Morgan fingerprint density at radius 2 is 2.11 bits per heavy atom. The van der Waals surface area contributed by atoms with Crippen molar-refractivity contribution in [1.82, 2.24) is 9.80 Å². The number of rotatable bonds is 2. The van der Waals surface area contributed by atoms with Crippen molar-refractivity contribution < 1.29 is 9.53 Å². The number of nitrogens with zero attached hydrogens (tertiary/aromatic N) is 2. The van der Waals surface area contributed by atoms with Crippen LogP contribution in [-0.2, 0) is 9.53 Å². The van der Waals surface area contributed by atoms with Crippen molar-refractivity contribution in [2.45, 2.75) is 50.6 Å². The Balaban J connectivity index is 1.63. The maximum absolute atomic E-state index is 11.9. The molecule has 0 aromatic heterocycles. The van der Waals surface area contributed by atoms with Gasteiger partial charge in [-0.1, -0.05) is 0 Å². The highest BCUT2D eigenvalue weighted by Crippen LogP contribution is 2.39. The first-order valence-electron chi connectivity index (χ1n) is 7.37. The summed E-state index contributed by atoms with van der Waals surface area (Å²) in [6.07, 6.45) is 5.34. The second kappa shape index (κ2) is 4.82. The van der Waals surface area contributed by atoms with Gasteiger partial charge in [0.1, 0.15) is 0 Å². The monoisotopic (exact) mass is 252 g/mol. The van der Waals surface area contributed by atoms with Crippen molar-refractivity contribution in [3.05, 3.63) is 0 Å². The molecular formula is C14H24N2O2. The maximum atomic E-state index is 11.9. The summed E-state index contributed by atoms with van der Waals surface area (Å²) in [5.41, 5.74) is 0.196. The minimum Gasteiger partial charge on any atom is -0.380 e. The second-order valence-electron chi connectivity index (χ2n) is 5.92. The van der Waals surface area contributed by atoms with E-state index < -0.39 is 0 Å². The van der Waals surface area contributed by atoms with E-state index in [9.17, 15) is 4.79 Å². The van der Waals surface area contributed by atoms with Gasteiger partial charge in [0.15, 0.2) is 0 Å². The first kappa shape index (κ1) is 12.4. The van der Waals surface area contributed by atoms with E-state index in [1.807, 2.05) is 0 Å². The largest absolute Gasteiger partial charge is 0.380 e. The molecule has 3 aliphatic heterocycles. The number of hydrogen-bond donors (Lipinski definition) is 0. The lowest BCUT2D eigenvalue weighted by molar-refractivity contribution is -0.132. The van der Waals surface area contributed by atoms with Crippen LogP contribution in [0.4, 0.5) is 0 Å². The molecule has 0 saturated carbocycles. The lowest BCUT2D eigenvalue weighted by Gasteiger charge is -2.46. The van der Waals surface area contributed by atoms with Crippen LogP contribution >= 0.6 is 0 Å². The molecule has 3 fully saturated rings. The quantitative estimate of drug-likeness (QED) is 0.741. The molecule has 3 saturated heterocycles. The average molecular weight is 252 g/mol. The standard InChI is InChI=1S/C14H24N2O2/c1-2-16-13(17)3-5-14(16)6-8-15(9-7-14)12-4-10-18-11-12/h12H,2-11H2,1H3/t12-/m1/s1. The molecule has 3 heterocycles. The van der Waals surface area contributed by atoms with E-state index in [1.165, 1.54) is 6.42 Å². The van der Waals surface area contributed by atoms with Gasteiger partial charge in [-0.3, -0.25) is 9.69 Å². The number of amides is 1. The smallest absolute Gasteiger partial charge is 0.223 e. The molecule has 1 spiro atoms. The van der Waals surface area contributed by atoms with E-state index in [0.29, 0.717) is 11.9 Å². The summed E-state index contributed by atoms with van der Waals surface area (Å²) in [5, 5.41) is 0. The molecule has 3 rings (SSSR count). The van der Waals surface area contributed by atoms with Crippen LogP contribution in [0.1, 0.15) is 39.0 Å². The number of carbonyl (C=O) groups excluding carboxylic acids is 1. The van der Waals surface area contributed by atoms with Gasteiger partial charge >= 0.3 is 0 Å². The van der Waals surface area contributed by atoms with Crippen LogP contribution in [0, 0.1) is 0 Å². The molecule has 1 atom stereocenters. The van der Waals surface area contributed by atoms with Crippen molar-refractivity contribution >= 4 is 5.91 Å². The van der Waals surface area contributed by atoms with Crippen LogP contribution in [0.2, 0.25) is 0 Å². The summed E-state index contributed by atoms with van der Waals surface area (Å²) >= 11 is 0. The topological polar surface area (TPSA) is 32.8 Å². The summed E-state index contributed by atoms with van der Waals surface area (Å²) in [4.78, 5) is 16.6. The van der Waals surface area contributed by atoms with E-state index in [2.05, 4.69) is 16.7 Å². The van der Waals surface area contributed by atoms with Gasteiger partial charge in [-0.15, -0.1) is 0 Å². The predicted molar refractivity (Wildman–Crippen MR) is 69.4 cm³/mol. The summed E-state index contributed by atoms with van der Waals surface area (Å²) in [6.45, 7) is 7.10. The summed E-state index contributed by atoms with van der Waals surface area (Å²) in [6, 6.07) is 0.634. The molecule has 0 unspecified atom stereocenters. The van der Waals surface area contributed by atoms with Crippen molar-refractivity contribution in [1.29, 1.82) is 0 Å². The molecule has 0 aliphatic carbocycles. The number of ether oxygens (including phenoxy) is 1. The second-order valence-corrected chi connectivity index (χ2v) is 5.92. The molecule has 4 nitrogen and oxygen atoms in total. The van der Waals surface area contributed by atoms with E-state index in [4.69, 9.17) is 4.74 Å². The number of piperidine rings is 1. The minimum atomic E-state index is 0.196. The highest BCUT2D eigenvalue weighted by molar-refractivity contribution is 5.79. The zero-order valence-electron chi connectivity index (χ0n) is 11.4. The Morgan fingerprint density at radius 1 is 1.33 bits per heavy atom. The van der Waals surface area contributed by atoms with Crippen LogP contribution in [0.15, 0.2) is 0 Å². The van der Waals surface area contributed by atoms with E-state index in [1.54, 1.807) is 0 Å². The highest BCUT2D eigenvalue weighted by atomic mass is 16.5. The van der Waals surface area contributed by atoms with Crippen molar-refractivity contribution in [3.8, 4) is 0 Å². The molecule has 3 aliphatic rings. The van der Waals surface area contributed by atoms with Gasteiger partial charge in [-0.25, -0.2) is 0 Å². The molecular weight excluding hydrogens is 228 g/mol. The zero-order chi connectivity index (χ0) is 12.6. The molecule has 0 aromatic carbocycles. The van der Waals surface area contributed by atoms with E-state index in [-0.39, 0.29) is 5.54 Å². The van der Waals surface area contributed by atoms with Gasteiger partial charge in [0.2, 0.25) is 5.91 Å². The maximum Gasteiger partial charge on any atom is 0.223 e. The third-order valence-corrected chi connectivity index (χ3v) is 5.14. The van der Waals surface area contributed by atoms with Crippen molar-refractivity contribution in [2.24, 2.45) is 0 Å². The van der Waals surface area contributed by atoms with Crippen molar-refractivity contribution in [3.63, 3.8) is 0 Å². The molecule has 0 aromatic rings. The SMILES string of the molecule is CCN1C(=O)CCC12CCN([C@@H]1CCOC1)CC2. The fourth-order valence-electron chi connectivity index (χ4n) is 4.02. The molecule has 4 heteroatoms. The van der Waals surface area contributed by atoms with E-state index in [0.717, 1.165) is 58.5 Å². The molecule has 0 radical (unpaired) electrons. The molecule has 102 valence electrons. The van der Waals surface area contributed by atoms with Crippen LogP contribution in [-0.4, -0.2) is 60.1 Å². The zero-order valence-corrected chi connectivity index (χ0v) is 11.4. The van der Waals surface area contributed by atoms with Crippen LogP contribution in [0.5, 0.6) is 0 Å². The summed E-state index contributed by atoms with van der Waals surface area (Å²) < 4.78 is 5.48. The van der Waals surface area contributed by atoms with Gasteiger partial charge in [0, 0.05) is 44.2 Å². The first-order chi connectivity index (χ1) is 8.75. The fraction of sp³-hybridized carbons (Fsp3) is 0.929. The number of carbonyl (C=O) groups is 1. The lowest BCUT2D eigenvalue weighted by Crippen LogP contribution is -2.54. The van der Waals surface area contributed by atoms with Crippen LogP contribution < -0.4 is 0 Å². The third kappa shape index (κ3) is 1.95. The summed E-state index contributed by atoms with van der Waals surface area (Å²) in [5.74, 6) is 0.371. The molecule has 0 bridgehead atoms. The average Bonchev–Trinajstić information content (AvgIpc) is 3.00. The third-order valence-electron chi connectivity index (χ3n) is 5.14. The molecule has 1 amide bonds. The number of hydrogen-bond acceptors (Lipinski definition) is 3. The van der Waals surface area contributed by atoms with Gasteiger partial charge in [-0.2, -0.15) is 0 Å². The predicted octanol–water partition coefficient (Wildman–Crippen LogP) is 1.25.